The molecular weight excluding hydrogens is 450 g/mol. The van der Waals surface area contributed by atoms with E-state index in [0.29, 0.717) is 38.0 Å². The summed E-state index contributed by atoms with van der Waals surface area (Å²) in [4.78, 5) is 31.0. The van der Waals surface area contributed by atoms with Crippen molar-refractivity contribution in [1.29, 1.82) is 0 Å². The Kier molecular flexibility index (Phi) is 6.10. The van der Waals surface area contributed by atoms with Gasteiger partial charge in [-0.2, -0.15) is 0 Å². The zero-order valence-electron chi connectivity index (χ0n) is 17.0. The minimum atomic E-state index is 0.0623. The summed E-state index contributed by atoms with van der Waals surface area (Å²) in [6.07, 6.45) is 3.09. The third kappa shape index (κ3) is 4.70. The van der Waals surface area contributed by atoms with Crippen molar-refractivity contribution in [2.24, 2.45) is 0 Å². The van der Waals surface area contributed by atoms with Crippen LogP contribution in [0.15, 0.2) is 40.2 Å². The van der Waals surface area contributed by atoms with E-state index in [0.717, 1.165) is 35.1 Å². The van der Waals surface area contributed by atoms with Crippen LogP contribution in [0.25, 0.3) is 0 Å². The molecule has 0 bridgehead atoms. The highest BCUT2D eigenvalue weighted by molar-refractivity contribution is 7.99. The molecule has 4 heterocycles. The maximum atomic E-state index is 12.8. The number of thiophene rings is 2. The second kappa shape index (κ2) is 9.13. The molecule has 1 aliphatic heterocycles. The Morgan fingerprint density at radius 3 is 2.42 bits per heavy atom. The quantitative estimate of drug-likeness (QED) is 0.492. The average Bonchev–Trinajstić information content (AvgIpc) is 3.19. The van der Waals surface area contributed by atoms with Gasteiger partial charge in [-0.25, -0.2) is 0 Å². The number of carbonyl (C=O) groups excluding carboxylic acids is 2. The van der Waals surface area contributed by atoms with Gasteiger partial charge in [-0.15, -0.1) is 32.9 Å². The van der Waals surface area contributed by atoms with Gasteiger partial charge in [0.15, 0.2) is 5.16 Å². The summed E-state index contributed by atoms with van der Waals surface area (Å²) in [5.74, 6) is 1.49. The number of aromatic nitrogens is 3. The Labute approximate surface area is 193 Å². The third-order valence-corrected chi connectivity index (χ3v) is 8.20. The SMILES string of the molecule is O=C(CSc1nnc(Cc2cccs2)n1C1CC1)N1CCN(C(=O)c2cccs2)CC1. The molecule has 2 fully saturated rings. The fraction of sp³-hybridized carbons (Fsp3) is 0.429. The lowest BCUT2D eigenvalue weighted by Crippen LogP contribution is -2.51. The van der Waals surface area contributed by atoms with E-state index in [4.69, 9.17) is 0 Å². The van der Waals surface area contributed by atoms with Crippen LogP contribution in [-0.4, -0.2) is 68.3 Å². The number of carbonyl (C=O) groups is 2. The number of amides is 2. The summed E-state index contributed by atoms with van der Waals surface area (Å²) in [7, 11) is 0. The van der Waals surface area contributed by atoms with Crippen LogP contribution in [0.1, 0.15) is 39.3 Å². The highest BCUT2D eigenvalue weighted by Crippen LogP contribution is 2.39. The van der Waals surface area contributed by atoms with Crippen molar-refractivity contribution in [2.45, 2.75) is 30.5 Å². The number of thioether (sulfide) groups is 1. The van der Waals surface area contributed by atoms with E-state index in [1.54, 1.807) is 11.3 Å². The van der Waals surface area contributed by atoms with E-state index in [2.05, 4.69) is 32.3 Å². The Morgan fingerprint density at radius 2 is 1.74 bits per heavy atom. The van der Waals surface area contributed by atoms with Gasteiger partial charge in [0.25, 0.3) is 5.91 Å². The van der Waals surface area contributed by atoms with Crippen molar-refractivity contribution >= 4 is 46.2 Å². The summed E-state index contributed by atoms with van der Waals surface area (Å²) in [5, 5.41) is 13.7. The standard InChI is InChI=1S/C21H23N5O2S3/c27-19(24-7-9-25(10-8-24)20(28)17-4-2-12-30-17)14-31-21-23-22-18(26(21)15-5-6-15)13-16-3-1-11-29-16/h1-4,11-12,15H,5-10,13-14H2. The lowest BCUT2D eigenvalue weighted by molar-refractivity contribution is -0.129. The highest BCUT2D eigenvalue weighted by Gasteiger charge is 2.31. The van der Waals surface area contributed by atoms with Crippen LogP contribution in [0.3, 0.4) is 0 Å². The van der Waals surface area contributed by atoms with Crippen molar-refractivity contribution in [2.75, 3.05) is 31.9 Å². The Hall–Kier alpha value is -2.17. The summed E-state index contributed by atoms with van der Waals surface area (Å²) in [6.45, 7) is 2.32. The van der Waals surface area contributed by atoms with Crippen molar-refractivity contribution < 1.29 is 9.59 Å². The van der Waals surface area contributed by atoms with E-state index >= 15 is 0 Å². The molecule has 3 aromatic rings. The smallest absolute Gasteiger partial charge is 0.264 e. The van der Waals surface area contributed by atoms with Crippen molar-refractivity contribution in [1.82, 2.24) is 24.6 Å². The molecule has 2 aliphatic rings. The van der Waals surface area contributed by atoms with E-state index in [1.807, 2.05) is 27.3 Å². The van der Waals surface area contributed by atoms with Crippen LogP contribution in [0.5, 0.6) is 0 Å². The summed E-state index contributed by atoms with van der Waals surface area (Å²) in [5.41, 5.74) is 0. The lowest BCUT2D eigenvalue weighted by atomic mass is 10.3. The second-order valence-electron chi connectivity index (χ2n) is 7.70. The molecule has 10 heteroatoms. The number of piperazine rings is 1. The average molecular weight is 474 g/mol. The molecule has 1 saturated heterocycles. The van der Waals surface area contributed by atoms with Crippen LogP contribution in [0.4, 0.5) is 0 Å². The molecule has 0 unspecified atom stereocenters. The van der Waals surface area contributed by atoms with Crippen molar-refractivity contribution in [3.8, 4) is 0 Å². The van der Waals surface area contributed by atoms with Gasteiger partial charge in [0.2, 0.25) is 5.91 Å². The molecule has 0 aromatic carbocycles. The number of nitrogens with zero attached hydrogens (tertiary/aromatic N) is 5. The maximum Gasteiger partial charge on any atom is 0.264 e. The second-order valence-corrected chi connectivity index (χ2v) is 10.6. The number of hydrogen-bond donors (Lipinski definition) is 0. The normalized spacial score (nSPS) is 16.6. The fourth-order valence-electron chi connectivity index (χ4n) is 3.73. The van der Waals surface area contributed by atoms with Gasteiger partial charge < -0.3 is 14.4 Å². The Morgan fingerprint density at radius 1 is 1.00 bits per heavy atom. The molecular formula is C21H23N5O2S3. The van der Waals surface area contributed by atoms with Crippen LogP contribution in [-0.2, 0) is 11.2 Å². The predicted octanol–water partition coefficient (Wildman–Crippen LogP) is 3.40. The van der Waals surface area contributed by atoms with Crippen LogP contribution in [0, 0.1) is 0 Å². The monoisotopic (exact) mass is 473 g/mol. The van der Waals surface area contributed by atoms with Crippen LogP contribution < -0.4 is 0 Å². The first-order valence-electron chi connectivity index (χ1n) is 10.4. The highest BCUT2D eigenvalue weighted by atomic mass is 32.2. The molecule has 0 atom stereocenters. The van der Waals surface area contributed by atoms with Crippen LogP contribution in [0.2, 0.25) is 0 Å². The van der Waals surface area contributed by atoms with E-state index < -0.39 is 0 Å². The first kappa shape index (κ1) is 20.7. The van der Waals surface area contributed by atoms with Crippen molar-refractivity contribution in [3.05, 3.63) is 50.6 Å². The Balaban J connectivity index is 1.16. The number of rotatable bonds is 7. The molecule has 3 aromatic heterocycles. The van der Waals surface area contributed by atoms with Crippen LogP contribution >= 0.6 is 34.4 Å². The summed E-state index contributed by atoms with van der Waals surface area (Å²) in [6, 6.07) is 8.38. The molecule has 2 amide bonds. The van der Waals surface area contributed by atoms with Gasteiger partial charge in [0.05, 0.1) is 10.6 Å². The van der Waals surface area contributed by atoms with Gasteiger partial charge in [-0.05, 0) is 35.7 Å². The van der Waals surface area contributed by atoms with Gasteiger partial charge in [0.1, 0.15) is 5.82 Å². The molecule has 5 rings (SSSR count). The topological polar surface area (TPSA) is 71.3 Å². The van der Waals surface area contributed by atoms with Crippen molar-refractivity contribution in [3.63, 3.8) is 0 Å². The zero-order chi connectivity index (χ0) is 21.2. The molecule has 162 valence electrons. The molecule has 0 spiro atoms. The number of hydrogen-bond acceptors (Lipinski definition) is 7. The predicted molar refractivity (Wildman–Crippen MR) is 123 cm³/mol. The largest absolute Gasteiger partial charge is 0.338 e. The maximum absolute atomic E-state index is 12.8. The van der Waals surface area contributed by atoms with E-state index in [9.17, 15) is 9.59 Å². The van der Waals surface area contributed by atoms with Gasteiger partial charge in [-0.3, -0.25) is 9.59 Å². The first-order chi connectivity index (χ1) is 15.2. The minimum Gasteiger partial charge on any atom is -0.338 e. The molecule has 1 saturated carbocycles. The molecule has 0 radical (unpaired) electrons. The van der Waals surface area contributed by atoms with Gasteiger partial charge >= 0.3 is 0 Å². The third-order valence-electron chi connectivity index (χ3n) is 5.54. The summed E-state index contributed by atoms with van der Waals surface area (Å²) < 4.78 is 2.23. The fourth-order valence-corrected chi connectivity index (χ4v) is 6.05. The van der Waals surface area contributed by atoms with Gasteiger partial charge in [-0.1, -0.05) is 23.9 Å². The minimum absolute atomic E-state index is 0.0623. The summed E-state index contributed by atoms with van der Waals surface area (Å²) >= 11 is 4.67. The Bertz CT molecular complexity index is 1040. The molecule has 31 heavy (non-hydrogen) atoms. The van der Waals surface area contributed by atoms with E-state index in [1.165, 1.54) is 28.0 Å². The lowest BCUT2D eigenvalue weighted by Gasteiger charge is -2.34. The van der Waals surface area contributed by atoms with Gasteiger partial charge in [0, 0.05) is 43.5 Å². The zero-order valence-corrected chi connectivity index (χ0v) is 19.4. The molecule has 1 aliphatic carbocycles. The first-order valence-corrected chi connectivity index (χ1v) is 13.1. The molecule has 7 nitrogen and oxygen atoms in total. The van der Waals surface area contributed by atoms with E-state index in [-0.39, 0.29) is 11.8 Å². The molecule has 0 N–H and O–H groups in total.